The Balaban J connectivity index is 0.00000280. The molecule has 7 nitrogen and oxygen atoms in total. The number of hydrogen-bond acceptors (Lipinski definition) is 5. The van der Waals surface area contributed by atoms with E-state index in [1.165, 1.54) is 0 Å². The Morgan fingerprint density at radius 1 is 1.18 bits per heavy atom. The second-order valence-electron chi connectivity index (χ2n) is 6.22. The topological polar surface area (TPSA) is 71.0 Å². The van der Waals surface area contributed by atoms with Crippen LogP contribution in [-0.4, -0.2) is 51.4 Å². The molecule has 152 valence electrons. The van der Waals surface area contributed by atoms with Gasteiger partial charge in [-0.05, 0) is 23.8 Å². The van der Waals surface area contributed by atoms with Crippen molar-refractivity contribution in [3.63, 3.8) is 0 Å². The van der Waals surface area contributed by atoms with Gasteiger partial charge >= 0.3 is 0 Å². The third-order valence-electron chi connectivity index (χ3n) is 4.44. The highest BCUT2D eigenvalue weighted by Gasteiger charge is 2.15. The number of pyridine rings is 1. The Morgan fingerprint density at radius 3 is 2.71 bits per heavy atom. The molecule has 0 aliphatic carbocycles. The van der Waals surface area contributed by atoms with Crippen LogP contribution < -0.4 is 20.3 Å². The lowest BCUT2D eigenvalue weighted by molar-refractivity contribution is 0.122. The molecule has 0 amide bonds. The van der Waals surface area contributed by atoms with Crippen LogP contribution in [0.1, 0.15) is 11.1 Å². The average Bonchev–Trinajstić information content (AvgIpc) is 2.75. The normalized spacial score (nSPS) is 14.2. The first-order valence-electron chi connectivity index (χ1n) is 9.14. The second-order valence-corrected chi connectivity index (χ2v) is 6.22. The zero-order chi connectivity index (χ0) is 18.9. The van der Waals surface area contributed by atoms with Crippen LogP contribution in [-0.2, 0) is 17.8 Å². The van der Waals surface area contributed by atoms with E-state index in [-0.39, 0.29) is 24.0 Å². The van der Waals surface area contributed by atoms with E-state index >= 15 is 0 Å². The van der Waals surface area contributed by atoms with Gasteiger partial charge in [-0.25, -0.2) is 4.98 Å². The van der Waals surface area contributed by atoms with Crippen molar-refractivity contribution >= 4 is 35.8 Å². The molecule has 0 atom stereocenters. The van der Waals surface area contributed by atoms with Crippen molar-refractivity contribution < 1.29 is 9.47 Å². The molecule has 3 rings (SSSR count). The number of methoxy groups -OCH3 is 1. The Bertz CT molecular complexity index is 766. The van der Waals surface area contributed by atoms with Gasteiger partial charge < -0.3 is 25.0 Å². The molecule has 8 heteroatoms. The molecule has 1 aliphatic rings. The maximum absolute atomic E-state index is 5.44. The van der Waals surface area contributed by atoms with Gasteiger partial charge in [0.25, 0.3) is 0 Å². The van der Waals surface area contributed by atoms with Gasteiger partial charge in [-0.1, -0.05) is 18.2 Å². The maximum Gasteiger partial charge on any atom is 0.191 e. The van der Waals surface area contributed by atoms with E-state index in [0.717, 1.165) is 55.0 Å². The maximum atomic E-state index is 5.44. The van der Waals surface area contributed by atoms with Crippen LogP contribution in [0.2, 0.25) is 0 Å². The summed E-state index contributed by atoms with van der Waals surface area (Å²) in [6.45, 7) is 4.54. The van der Waals surface area contributed by atoms with E-state index in [1.54, 1.807) is 14.2 Å². The summed E-state index contributed by atoms with van der Waals surface area (Å²) < 4.78 is 10.7. The minimum absolute atomic E-state index is 0. The Labute approximate surface area is 183 Å². The number of ether oxygens (including phenoxy) is 2. The number of hydrogen-bond donors (Lipinski definition) is 2. The van der Waals surface area contributed by atoms with Crippen molar-refractivity contribution in [3.05, 3.63) is 53.7 Å². The highest BCUT2D eigenvalue weighted by molar-refractivity contribution is 14.0. The highest BCUT2D eigenvalue weighted by atomic mass is 127. The van der Waals surface area contributed by atoms with Crippen LogP contribution in [0.5, 0.6) is 5.75 Å². The minimum atomic E-state index is 0. The molecule has 0 unspecified atom stereocenters. The van der Waals surface area contributed by atoms with Gasteiger partial charge in [0.2, 0.25) is 0 Å². The van der Waals surface area contributed by atoms with Gasteiger partial charge in [0.15, 0.2) is 5.96 Å². The van der Waals surface area contributed by atoms with Crippen molar-refractivity contribution in [3.8, 4) is 5.75 Å². The molecule has 1 aromatic heterocycles. The summed E-state index contributed by atoms with van der Waals surface area (Å²) >= 11 is 0. The number of rotatable bonds is 6. The summed E-state index contributed by atoms with van der Waals surface area (Å²) in [5.41, 5.74) is 2.27. The van der Waals surface area contributed by atoms with Crippen LogP contribution in [0.15, 0.2) is 47.6 Å². The molecular weight excluding hydrogens is 469 g/mol. The summed E-state index contributed by atoms with van der Waals surface area (Å²) in [6.07, 6.45) is 1.84. The van der Waals surface area contributed by atoms with E-state index in [0.29, 0.717) is 13.1 Å². The molecule has 2 heterocycles. The van der Waals surface area contributed by atoms with Crippen molar-refractivity contribution in [2.24, 2.45) is 4.99 Å². The summed E-state index contributed by atoms with van der Waals surface area (Å²) in [4.78, 5) is 11.2. The zero-order valence-corrected chi connectivity index (χ0v) is 18.7. The van der Waals surface area contributed by atoms with Crippen LogP contribution in [0.4, 0.5) is 5.82 Å². The third-order valence-corrected chi connectivity index (χ3v) is 4.44. The lowest BCUT2D eigenvalue weighted by Gasteiger charge is -2.29. The monoisotopic (exact) mass is 497 g/mol. The molecule has 1 fully saturated rings. The van der Waals surface area contributed by atoms with Crippen LogP contribution in [0, 0.1) is 0 Å². The van der Waals surface area contributed by atoms with Gasteiger partial charge in [-0.3, -0.25) is 4.99 Å². The van der Waals surface area contributed by atoms with E-state index < -0.39 is 0 Å². The fourth-order valence-electron chi connectivity index (χ4n) is 3.00. The first-order valence-corrected chi connectivity index (χ1v) is 9.14. The number of anilines is 1. The number of halogens is 1. The number of guanidine groups is 1. The number of aromatic nitrogens is 1. The minimum Gasteiger partial charge on any atom is -0.497 e. The SMILES string of the molecule is CN=C(NCc1cccc(OC)c1)NCc1cccnc1N1CCOCC1.I. The third kappa shape index (κ3) is 6.23. The highest BCUT2D eigenvalue weighted by Crippen LogP contribution is 2.18. The quantitative estimate of drug-likeness (QED) is 0.363. The molecule has 1 aliphatic heterocycles. The molecule has 0 saturated carbocycles. The van der Waals surface area contributed by atoms with Gasteiger partial charge in [0.1, 0.15) is 11.6 Å². The van der Waals surface area contributed by atoms with Crippen LogP contribution in [0.25, 0.3) is 0 Å². The van der Waals surface area contributed by atoms with E-state index in [9.17, 15) is 0 Å². The van der Waals surface area contributed by atoms with Crippen molar-refractivity contribution in [1.82, 2.24) is 15.6 Å². The predicted molar refractivity (Wildman–Crippen MR) is 123 cm³/mol. The van der Waals surface area contributed by atoms with Crippen molar-refractivity contribution in [1.29, 1.82) is 0 Å². The van der Waals surface area contributed by atoms with Gasteiger partial charge in [0.05, 0.1) is 20.3 Å². The number of aliphatic imine (C=N–C) groups is 1. The van der Waals surface area contributed by atoms with E-state index in [2.05, 4.69) is 37.6 Å². The lowest BCUT2D eigenvalue weighted by atomic mass is 10.2. The van der Waals surface area contributed by atoms with Gasteiger partial charge in [-0.2, -0.15) is 0 Å². The lowest BCUT2D eigenvalue weighted by Crippen LogP contribution is -2.39. The number of nitrogens with one attached hydrogen (secondary N) is 2. The number of nitrogens with zero attached hydrogens (tertiary/aromatic N) is 3. The summed E-state index contributed by atoms with van der Waals surface area (Å²) in [5, 5.41) is 6.71. The fraction of sp³-hybridized carbons (Fsp3) is 0.400. The Morgan fingerprint density at radius 2 is 1.96 bits per heavy atom. The standard InChI is InChI=1S/C20H27N5O2.HI/c1-21-20(23-14-16-5-3-7-18(13-16)26-2)24-15-17-6-4-8-22-19(17)25-9-11-27-12-10-25;/h3-8,13H,9-12,14-15H2,1-2H3,(H2,21,23,24);1H. The molecule has 28 heavy (non-hydrogen) atoms. The summed E-state index contributed by atoms with van der Waals surface area (Å²) in [5.74, 6) is 2.61. The summed E-state index contributed by atoms with van der Waals surface area (Å²) in [7, 11) is 3.44. The van der Waals surface area contributed by atoms with E-state index in [4.69, 9.17) is 9.47 Å². The smallest absolute Gasteiger partial charge is 0.191 e. The van der Waals surface area contributed by atoms with Crippen molar-refractivity contribution in [2.75, 3.05) is 45.4 Å². The molecule has 2 aromatic rings. The molecule has 0 spiro atoms. The summed E-state index contributed by atoms with van der Waals surface area (Å²) in [6, 6.07) is 12.0. The molecule has 2 N–H and O–H groups in total. The molecule has 0 radical (unpaired) electrons. The molecule has 1 aromatic carbocycles. The van der Waals surface area contributed by atoms with E-state index in [1.807, 2.05) is 30.5 Å². The first kappa shape index (κ1) is 22.2. The first-order chi connectivity index (χ1) is 13.3. The Hall–Kier alpha value is -2.07. The predicted octanol–water partition coefficient (Wildman–Crippen LogP) is 2.41. The second kappa shape index (κ2) is 11.7. The number of morpholine rings is 1. The molecule has 0 bridgehead atoms. The molecular formula is C20H28IN5O2. The van der Waals surface area contributed by atoms with Crippen molar-refractivity contribution in [2.45, 2.75) is 13.1 Å². The number of benzene rings is 1. The van der Waals surface area contributed by atoms with Gasteiger partial charge in [0, 0.05) is 45.0 Å². The molecule has 1 saturated heterocycles. The van der Waals surface area contributed by atoms with Crippen LogP contribution >= 0.6 is 24.0 Å². The zero-order valence-electron chi connectivity index (χ0n) is 16.4. The van der Waals surface area contributed by atoms with Gasteiger partial charge in [-0.15, -0.1) is 24.0 Å². The fourth-order valence-corrected chi connectivity index (χ4v) is 3.00. The van der Waals surface area contributed by atoms with Crippen LogP contribution in [0.3, 0.4) is 0 Å². The average molecular weight is 497 g/mol. The Kier molecular flexibility index (Phi) is 9.29. The largest absolute Gasteiger partial charge is 0.497 e.